The van der Waals surface area contributed by atoms with Crippen molar-refractivity contribution in [2.45, 2.75) is 13.1 Å². The Morgan fingerprint density at radius 2 is 1.91 bits per heavy atom. The number of ketones is 1. The summed E-state index contributed by atoms with van der Waals surface area (Å²) in [7, 11) is 1.11. The fourth-order valence-electron chi connectivity index (χ4n) is 0.499. The van der Waals surface area contributed by atoms with Crippen LogP contribution in [0.4, 0.5) is 13.2 Å². The standard InChI is InChI=1S/C6H8F3NO/c1-4(11)3-5(10-2)6(7,8)9/h3,10H,1-2H3/b5-3-. The van der Waals surface area contributed by atoms with E-state index in [1.807, 2.05) is 5.32 Å². The molecular weight excluding hydrogens is 159 g/mol. The van der Waals surface area contributed by atoms with Gasteiger partial charge in [0.15, 0.2) is 5.78 Å². The molecule has 1 N–H and O–H groups in total. The zero-order valence-corrected chi connectivity index (χ0v) is 6.12. The van der Waals surface area contributed by atoms with Gasteiger partial charge >= 0.3 is 6.18 Å². The number of halogens is 3. The van der Waals surface area contributed by atoms with E-state index in [0.717, 1.165) is 14.0 Å². The summed E-state index contributed by atoms with van der Waals surface area (Å²) in [5.41, 5.74) is -1.02. The fraction of sp³-hybridized carbons (Fsp3) is 0.500. The maximum atomic E-state index is 11.8. The summed E-state index contributed by atoms with van der Waals surface area (Å²) in [6, 6.07) is 0. The molecule has 0 aliphatic heterocycles. The molecule has 0 unspecified atom stereocenters. The molecule has 0 amide bonds. The van der Waals surface area contributed by atoms with E-state index in [-0.39, 0.29) is 0 Å². The summed E-state index contributed by atoms with van der Waals surface area (Å²) in [6.07, 6.45) is -3.96. The zero-order chi connectivity index (χ0) is 9.07. The molecule has 11 heavy (non-hydrogen) atoms. The van der Waals surface area contributed by atoms with E-state index in [4.69, 9.17) is 0 Å². The second kappa shape index (κ2) is 3.41. The zero-order valence-electron chi connectivity index (χ0n) is 6.12. The van der Waals surface area contributed by atoms with E-state index in [0.29, 0.717) is 6.08 Å². The lowest BCUT2D eigenvalue weighted by Crippen LogP contribution is -2.23. The summed E-state index contributed by atoms with van der Waals surface area (Å²) >= 11 is 0. The van der Waals surface area contributed by atoms with Crippen LogP contribution in [0.25, 0.3) is 0 Å². The second-order valence-corrected chi connectivity index (χ2v) is 1.92. The average molecular weight is 167 g/mol. The predicted molar refractivity (Wildman–Crippen MR) is 33.9 cm³/mol. The molecule has 2 nitrogen and oxygen atoms in total. The van der Waals surface area contributed by atoms with E-state index in [1.165, 1.54) is 0 Å². The number of carbonyl (C=O) groups excluding carboxylic acids is 1. The largest absolute Gasteiger partial charge is 0.431 e. The molecule has 0 saturated carbocycles. The summed E-state index contributed by atoms with van der Waals surface area (Å²) < 4.78 is 35.4. The van der Waals surface area contributed by atoms with Crippen LogP contribution in [0.1, 0.15) is 6.92 Å². The first-order chi connectivity index (χ1) is 4.88. The third kappa shape index (κ3) is 3.64. The molecule has 0 spiro atoms. The molecule has 0 saturated heterocycles. The number of rotatable bonds is 2. The normalized spacial score (nSPS) is 13.0. The number of hydrogen-bond donors (Lipinski definition) is 1. The fourth-order valence-corrected chi connectivity index (χ4v) is 0.499. The Bertz CT molecular complexity index is 183. The van der Waals surface area contributed by atoms with Gasteiger partial charge in [0.2, 0.25) is 0 Å². The molecule has 0 aromatic rings. The van der Waals surface area contributed by atoms with E-state index in [9.17, 15) is 18.0 Å². The molecule has 0 bridgehead atoms. The molecule has 64 valence electrons. The Morgan fingerprint density at radius 3 is 2.00 bits per heavy atom. The van der Waals surface area contributed by atoms with E-state index >= 15 is 0 Å². The van der Waals surface area contributed by atoms with E-state index in [2.05, 4.69) is 0 Å². The van der Waals surface area contributed by atoms with Gasteiger partial charge in [-0.05, 0) is 6.92 Å². The minimum atomic E-state index is -4.47. The maximum absolute atomic E-state index is 11.8. The van der Waals surface area contributed by atoms with Crippen molar-refractivity contribution in [3.8, 4) is 0 Å². The van der Waals surface area contributed by atoms with Gasteiger partial charge in [-0.3, -0.25) is 4.79 Å². The second-order valence-electron chi connectivity index (χ2n) is 1.92. The number of hydrogen-bond acceptors (Lipinski definition) is 2. The lowest BCUT2D eigenvalue weighted by molar-refractivity contribution is -0.115. The third-order valence-electron chi connectivity index (χ3n) is 0.922. The summed E-state index contributed by atoms with van der Waals surface area (Å²) in [4.78, 5) is 10.2. The lowest BCUT2D eigenvalue weighted by atomic mass is 10.3. The van der Waals surface area contributed by atoms with Crippen LogP contribution in [0.3, 0.4) is 0 Å². The summed E-state index contributed by atoms with van der Waals surface area (Å²) in [5.74, 6) is -0.633. The van der Waals surface area contributed by atoms with Crippen molar-refractivity contribution in [3.63, 3.8) is 0 Å². The van der Waals surface area contributed by atoms with Crippen molar-refractivity contribution >= 4 is 5.78 Å². The van der Waals surface area contributed by atoms with Crippen LogP contribution in [0.2, 0.25) is 0 Å². The Hall–Kier alpha value is -1.00. The van der Waals surface area contributed by atoms with Gasteiger partial charge in [0.1, 0.15) is 5.70 Å². The number of allylic oxidation sites excluding steroid dienone is 2. The van der Waals surface area contributed by atoms with Crippen LogP contribution in [-0.4, -0.2) is 19.0 Å². The molecule has 0 aliphatic rings. The van der Waals surface area contributed by atoms with Gasteiger partial charge in [-0.1, -0.05) is 0 Å². The monoisotopic (exact) mass is 167 g/mol. The van der Waals surface area contributed by atoms with Gasteiger partial charge in [0, 0.05) is 13.1 Å². The summed E-state index contributed by atoms with van der Waals surface area (Å²) in [5, 5.41) is 1.89. The number of carbonyl (C=O) groups is 1. The number of nitrogens with one attached hydrogen (secondary N) is 1. The third-order valence-corrected chi connectivity index (χ3v) is 0.922. The first-order valence-corrected chi connectivity index (χ1v) is 2.85. The molecule has 5 heteroatoms. The van der Waals surface area contributed by atoms with Crippen molar-refractivity contribution in [2.75, 3.05) is 7.05 Å². The van der Waals surface area contributed by atoms with E-state index in [1.54, 1.807) is 0 Å². The lowest BCUT2D eigenvalue weighted by Gasteiger charge is -2.09. The smallest absolute Gasteiger partial charge is 0.384 e. The molecule has 0 aromatic heterocycles. The molecule has 0 fully saturated rings. The molecular formula is C6H8F3NO. The Morgan fingerprint density at radius 1 is 1.45 bits per heavy atom. The highest BCUT2D eigenvalue weighted by molar-refractivity contribution is 5.88. The van der Waals surface area contributed by atoms with Crippen LogP contribution in [0.15, 0.2) is 11.8 Å². The van der Waals surface area contributed by atoms with Gasteiger partial charge in [0.05, 0.1) is 0 Å². The molecule has 0 aliphatic carbocycles. The van der Waals surface area contributed by atoms with E-state index < -0.39 is 17.7 Å². The summed E-state index contributed by atoms with van der Waals surface area (Å²) in [6.45, 7) is 1.06. The van der Waals surface area contributed by atoms with Crippen LogP contribution in [0, 0.1) is 0 Å². The minimum absolute atomic E-state index is 0.514. The van der Waals surface area contributed by atoms with Crippen LogP contribution >= 0.6 is 0 Å². The van der Waals surface area contributed by atoms with Gasteiger partial charge in [-0.25, -0.2) is 0 Å². The SMILES string of the molecule is CN/C(=C\C(C)=O)C(F)(F)F. The van der Waals surface area contributed by atoms with Gasteiger partial charge in [-0.2, -0.15) is 13.2 Å². The topological polar surface area (TPSA) is 29.1 Å². The molecule has 0 aromatic carbocycles. The van der Waals surface area contributed by atoms with Crippen molar-refractivity contribution in [3.05, 3.63) is 11.8 Å². The minimum Gasteiger partial charge on any atom is -0.384 e. The molecule has 0 radical (unpaired) electrons. The molecule has 0 heterocycles. The quantitative estimate of drug-likeness (QED) is 0.627. The number of alkyl halides is 3. The van der Waals surface area contributed by atoms with Crippen LogP contribution in [0.5, 0.6) is 0 Å². The maximum Gasteiger partial charge on any atom is 0.431 e. The Balaban J connectivity index is 4.54. The Kier molecular flexibility index (Phi) is 3.10. The average Bonchev–Trinajstić information content (AvgIpc) is 1.79. The first kappa shape index (κ1) is 10.0. The van der Waals surface area contributed by atoms with Gasteiger partial charge < -0.3 is 5.32 Å². The van der Waals surface area contributed by atoms with Crippen molar-refractivity contribution in [2.24, 2.45) is 0 Å². The van der Waals surface area contributed by atoms with Gasteiger partial charge in [-0.15, -0.1) is 0 Å². The first-order valence-electron chi connectivity index (χ1n) is 2.85. The highest BCUT2D eigenvalue weighted by Gasteiger charge is 2.33. The highest BCUT2D eigenvalue weighted by Crippen LogP contribution is 2.22. The predicted octanol–water partition coefficient (Wildman–Crippen LogP) is 1.24. The highest BCUT2D eigenvalue weighted by atomic mass is 19.4. The van der Waals surface area contributed by atoms with Crippen molar-refractivity contribution in [1.29, 1.82) is 0 Å². The van der Waals surface area contributed by atoms with Gasteiger partial charge in [0.25, 0.3) is 0 Å². The Labute approximate surface area is 62.1 Å². The molecule has 0 atom stereocenters. The van der Waals surface area contributed by atoms with Crippen LogP contribution in [-0.2, 0) is 4.79 Å². The van der Waals surface area contributed by atoms with Crippen molar-refractivity contribution < 1.29 is 18.0 Å². The van der Waals surface area contributed by atoms with Crippen molar-refractivity contribution in [1.82, 2.24) is 5.32 Å². The molecule has 0 rings (SSSR count). The van der Waals surface area contributed by atoms with Crippen LogP contribution < -0.4 is 5.32 Å².